The molecule has 2 heterocycles. The summed E-state index contributed by atoms with van der Waals surface area (Å²) in [5, 5.41) is 8.48. The molecule has 20 heavy (non-hydrogen) atoms. The Morgan fingerprint density at radius 1 is 1.30 bits per heavy atom. The van der Waals surface area contributed by atoms with Crippen LogP contribution in [0.5, 0.6) is 0 Å². The normalized spacial score (nSPS) is 28.1. The molecule has 1 saturated carbocycles. The second kappa shape index (κ2) is 6.94. The number of rotatable bonds is 5. The summed E-state index contributed by atoms with van der Waals surface area (Å²) in [5.74, 6) is 3.37. The molecular weight excluding hydrogens is 270 g/mol. The lowest BCUT2D eigenvalue weighted by atomic mass is 9.90. The molecule has 1 aliphatic carbocycles. The molecule has 0 spiro atoms. The lowest BCUT2D eigenvalue weighted by Gasteiger charge is -2.27. The third kappa shape index (κ3) is 3.55. The second-order valence-corrected chi connectivity index (χ2v) is 7.36. The number of nitrogens with one attached hydrogen (secondary N) is 1. The Labute approximate surface area is 125 Å². The van der Waals surface area contributed by atoms with E-state index in [1.807, 2.05) is 11.8 Å². The van der Waals surface area contributed by atoms with E-state index < -0.39 is 0 Å². The summed E-state index contributed by atoms with van der Waals surface area (Å²) >= 11 is 2.00. The molecule has 5 heteroatoms. The predicted octanol–water partition coefficient (Wildman–Crippen LogP) is 3.70. The standard InChI is InChI=1S/C15H25N3OS/c1-2-11-7-8-16-13(9-11)15-17-14(18-19-15)10-20-12-5-3-4-6-12/h11-13,16H,2-10H2,1H3. The first kappa shape index (κ1) is 14.4. The highest BCUT2D eigenvalue weighted by Gasteiger charge is 2.26. The molecule has 2 unspecified atom stereocenters. The molecule has 1 aromatic heterocycles. The van der Waals surface area contributed by atoms with Crippen molar-refractivity contribution in [2.75, 3.05) is 6.54 Å². The zero-order chi connectivity index (χ0) is 13.8. The minimum absolute atomic E-state index is 0.270. The molecule has 2 aliphatic rings. The number of nitrogens with zero attached hydrogens (tertiary/aromatic N) is 2. The van der Waals surface area contributed by atoms with Crippen LogP contribution < -0.4 is 5.32 Å². The molecule has 0 amide bonds. The summed E-state index contributed by atoms with van der Waals surface area (Å²) in [5.41, 5.74) is 0. The maximum atomic E-state index is 5.48. The fraction of sp³-hybridized carbons (Fsp3) is 0.867. The van der Waals surface area contributed by atoms with Crippen LogP contribution in [0.25, 0.3) is 0 Å². The van der Waals surface area contributed by atoms with Gasteiger partial charge in [-0.2, -0.15) is 16.7 Å². The van der Waals surface area contributed by atoms with E-state index in [2.05, 4.69) is 22.4 Å². The molecule has 3 rings (SSSR count). The SMILES string of the molecule is CCC1CCNC(c2nc(CSC3CCCC3)no2)C1. The van der Waals surface area contributed by atoms with Gasteiger partial charge in [0.15, 0.2) is 5.82 Å². The molecule has 4 nitrogen and oxygen atoms in total. The smallest absolute Gasteiger partial charge is 0.243 e. The van der Waals surface area contributed by atoms with Crippen molar-refractivity contribution in [1.82, 2.24) is 15.5 Å². The molecule has 2 atom stereocenters. The number of piperidine rings is 1. The number of thioether (sulfide) groups is 1. The Kier molecular flexibility index (Phi) is 4.99. The number of hydrogen-bond acceptors (Lipinski definition) is 5. The van der Waals surface area contributed by atoms with Crippen molar-refractivity contribution in [2.45, 2.75) is 68.9 Å². The largest absolute Gasteiger partial charge is 0.338 e. The third-order valence-corrected chi connectivity index (χ3v) is 5.99. The summed E-state index contributed by atoms with van der Waals surface area (Å²) < 4.78 is 5.48. The van der Waals surface area contributed by atoms with Gasteiger partial charge in [0, 0.05) is 5.25 Å². The lowest BCUT2D eigenvalue weighted by Crippen LogP contribution is -2.31. The van der Waals surface area contributed by atoms with Gasteiger partial charge in [-0.15, -0.1) is 0 Å². The lowest BCUT2D eigenvalue weighted by molar-refractivity contribution is 0.245. The summed E-state index contributed by atoms with van der Waals surface area (Å²) in [6.45, 7) is 3.34. The molecular formula is C15H25N3OS. The quantitative estimate of drug-likeness (QED) is 0.897. The van der Waals surface area contributed by atoms with Crippen LogP contribution in [0.15, 0.2) is 4.52 Å². The highest BCUT2D eigenvalue weighted by Crippen LogP contribution is 2.32. The van der Waals surface area contributed by atoms with Gasteiger partial charge in [-0.1, -0.05) is 31.3 Å². The van der Waals surface area contributed by atoms with Crippen LogP contribution in [0.1, 0.15) is 69.6 Å². The number of hydrogen-bond donors (Lipinski definition) is 1. The van der Waals surface area contributed by atoms with Gasteiger partial charge in [0.05, 0.1) is 11.8 Å². The average molecular weight is 295 g/mol. The summed E-state index contributed by atoms with van der Waals surface area (Å²) in [6, 6.07) is 0.270. The van der Waals surface area contributed by atoms with Gasteiger partial charge in [0.2, 0.25) is 5.89 Å². The van der Waals surface area contributed by atoms with Crippen molar-refractivity contribution < 1.29 is 4.52 Å². The van der Waals surface area contributed by atoms with Crippen LogP contribution >= 0.6 is 11.8 Å². The van der Waals surface area contributed by atoms with E-state index >= 15 is 0 Å². The van der Waals surface area contributed by atoms with Crippen molar-refractivity contribution in [1.29, 1.82) is 0 Å². The van der Waals surface area contributed by atoms with Gasteiger partial charge in [-0.05, 0) is 38.1 Å². The van der Waals surface area contributed by atoms with E-state index in [1.54, 1.807) is 0 Å². The Bertz CT molecular complexity index is 417. The number of aromatic nitrogens is 2. The van der Waals surface area contributed by atoms with Crippen molar-refractivity contribution in [3.63, 3.8) is 0 Å². The van der Waals surface area contributed by atoms with Crippen molar-refractivity contribution in [3.05, 3.63) is 11.7 Å². The Morgan fingerprint density at radius 3 is 2.95 bits per heavy atom. The van der Waals surface area contributed by atoms with Crippen molar-refractivity contribution >= 4 is 11.8 Å². The molecule has 1 aliphatic heterocycles. The van der Waals surface area contributed by atoms with Gasteiger partial charge in [-0.3, -0.25) is 0 Å². The third-order valence-electron chi connectivity index (χ3n) is 4.62. The summed E-state index contributed by atoms with van der Waals surface area (Å²) in [7, 11) is 0. The van der Waals surface area contributed by atoms with Crippen LogP contribution in [-0.2, 0) is 5.75 Å². The zero-order valence-corrected chi connectivity index (χ0v) is 13.1. The fourth-order valence-corrected chi connectivity index (χ4v) is 4.44. The topological polar surface area (TPSA) is 51.0 Å². The van der Waals surface area contributed by atoms with Crippen LogP contribution in [-0.4, -0.2) is 21.9 Å². The first-order valence-electron chi connectivity index (χ1n) is 8.02. The van der Waals surface area contributed by atoms with Gasteiger partial charge in [0.25, 0.3) is 0 Å². The van der Waals surface area contributed by atoms with Crippen LogP contribution in [0, 0.1) is 5.92 Å². The maximum Gasteiger partial charge on any atom is 0.243 e. The Morgan fingerprint density at radius 2 is 2.15 bits per heavy atom. The van der Waals surface area contributed by atoms with Gasteiger partial charge < -0.3 is 9.84 Å². The monoisotopic (exact) mass is 295 g/mol. The molecule has 1 saturated heterocycles. The van der Waals surface area contributed by atoms with E-state index in [1.165, 1.54) is 38.5 Å². The van der Waals surface area contributed by atoms with E-state index in [0.717, 1.165) is 41.6 Å². The van der Waals surface area contributed by atoms with Gasteiger partial charge in [-0.25, -0.2) is 0 Å². The highest BCUT2D eigenvalue weighted by atomic mass is 32.2. The zero-order valence-electron chi connectivity index (χ0n) is 12.3. The molecule has 0 aromatic carbocycles. The molecule has 1 aromatic rings. The van der Waals surface area contributed by atoms with Crippen LogP contribution in [0.3, 0.4) is 0 Å². The summed E-state index contributed by atoms with van der Waals surface area (Å²) in [4.78, 5) is 4.60. The van der Waals surface area contributed by atoms with E-state index in [9.17, 15) is 0 Å². The predicted molar refractivity (Wildman–Crippen MR) is 81.6 cm³/mol. The molecule has 0 radical (unpaired) electrons. The molecule has 112 valence electrons. The van der Waals surface area contributed by atoms with Gasteiger partial charge >= 0.3 is 0 Å². The van der Waals surface area contributed by atoms with E-state index in [-0.39, 0.29) is 6.04 Å². The fourth-order valence-electron chi connectivity index (χ4n) is 3.27. The van der Waals surface area contributed by atoms with Crippen molar-refractivity contribution in [3.8, 4) is 0 Å². The second-order valence-electron chi connectivity index (χ2n) is 6.07. The minimum atomic E-state index is 0.270. The molecule has 1 N–H and O–H groups in total. The van der Waals surface area contributed by atoms with Crippen LogP contribution in [0.4, 0.5) is 0 Å². The van der Waals surface area contributed by atoms with E-state index in [4.69, 9.17) is 4.52 Å². The Hall–Kier alpha value is -0.550. The van der Waals surface area contributed by atoms with Gasteiger partial charge in [0.1, 0.15) is 0 Å². The first-order valence-corrected chi connectivity index (χ1v) is 9.07. The maximum absolute atomic E-state index is 5.48. The van der Waals surface area contributed by atoms with Crippen molar-refractivity contribution in [2.24, 2.45) is 5.92 Å². The molecule has 0 bridgehead atoms. The van der Waals surface area contributed by atoms with E-state index in [0.29, 0.717) is 0 Å². The first-order chi connectivity index (χ1) is 9.85. The summed E-state index contributed by atoms with van der Waals surface area (Å²) in [6.07, 6.45) is 9.14. The highest BCUT2D eigenvalue weighted by molar-refractivity contribution is 7.99. The molecule has 2 fully saturated rings. The average Bonchev–Trinajstić information content (AvgIpc) is 3.16. The minimum Gasteiger partial charge on any atom is -0.338 e. The van der Waals surface area contributed by atoms with Crippen LogP contribution in [0.2, 0.25) is 0 Å². The Balaban J connectivity index is 1.53.